The van der Waals surface area contributed by atoms with Crippen LogP contribution in [0.15, 0.2) is 30.3 Å². The molecule has 0 radical (unpaired) electrons. The van der Waals surface area contributed by atoms with Crippen molar-refractivity contribution in [1.29, 1.82) is 0 Å². The SMILES string of the molecule is CC(=O)SCC1CC2CCC(C1)N2C(=O)OCc1ccccc1. The van der Waals surface area contributed by atoms with Crippen LogP contribution in [0.4, 0.5) is 4.79 Å². The van der Waals surface area contributed by atoms with E-state index < -0.39 is 0 Å². The minimum atomic E-state index is -0.181. The molecule has 3 rings (SSSR count). The Morgan fingerprint density at radius 1 is 1.17 bits per heavy atom. The lowest BCUT2D eigenvalue weighted by molar-refractivity contribution is -0.109. The first kappa shape index (κ1) is 16.4. The molecule has 23 heavy (non-hydrogen) atoms. The molecule has 1 aromatic rings. The molecule has 124 valence electrons. The quantitative estimate of drug-likeness (QED) is 0.840. The summed E-state index contributed by atoms with van der Waals surface area (Å²) in [7, 11) is 0. The molecule has 0 N–H and O–H groups in total. The summed E-state index contributed by atoms with van der Waals surface area (Å²) in [5.41, 5.74) is 1.01. The predicted octanol–water partition coefficient (Wildman–Crippen LogP) is 3.85. The average Bonchev–Trinajstić information content (AvgIpc) is 2.82. The van der Waals surface area contributed by atoms with Crippen LogP contribution in [-0.4, -0.2) is 33.9 Å². The highest BCUT2D eigenvalue weighted by molar-refractivity contribution is 8.13. The van der Waals surface area contributed by atoms with Gasteiger partial charge >= 0.3 is 6.09 Å². The number of carbonyl (C=O) groups excluding carboxylic acids is 2. The summed E-state index contributed by atoms with van der Waals surface area (Å²) < 4.78 is 5.51. The van der Waals surface area contributed by atoms with Crippen LogP contribution in [0, 0.1) is 5.92 Å². The van der Waals surface area contributed by atoms with E-state index in [0.717, 1.165) is 37.0 Å². The highest BCUT2D eigenvalue weighted by Gasteiger charge is 2.43. The second-order valence-electron chi connectivity index (χ2n) is 6.47. The molecule has 5 heteroatoms. The molecule has 2 aliphatic heterocycles. The van der Waals surface area contributed by atoms with E-state index in [2.05, 4.69) is 0 Å². The van der Waals surface area contributed by atoms with Gasteiger partial charge in [-0.2, -0.15) is 0 Å². The van der Waals surface area contributed by atoms with Gasteiger partial charge in [0.1, 0.15) is 6.61 Å². The van der Waals surface area contributed by atoms with Crippen molar-refractivity contribution in [1.82, 2.24) is 4.90 Å². The van der Waals surface area contributed by atoms with Crippen molar-refractivity contribution in [2.75, 3.05) is 5.75 Å². The van der Waals surface area contributed by atoms with Crippen molar-refractivity contribution in [3.63, 3.8) is 0 Å². The summed E-state index contributed by atoms with van der Waals surface area (Å²) in [6.45, 7) is 1.95. The number of thioether (sulfide) groups is 1. The number of nitrogens with zero attached hydrogens (tertiary/aromatic N) is 1. The normalized spacial score (nSPS) is 26.1. The lowest BCUT2D eigenvalue weighted by Gasteiger charge is -2.38. The number of ether oxygens (including phenoxy) is 1. The van der Waals surface area contributed by atoms with Crippen LogP contribution in [-0.2, 0) is 16.1 Å². The Morgan fingerprint density at radius 2 is 1.83 bits per heavy atom. The molecule has 0 saturated carbocycles. The summed E-state index contributed by atoms with van der Waals surface area (Å²) in [5.74, 6) is 1.43. The smallest absolute Gasteiger partial charge is 0.410 e. The highest BCUT2D eigenvalue weighted by Crippen LogP contribution is 2.40. The third kappa shape index (κ3) is 4.08. The van der Waals surface area contributed by atoms with Crippen LogP contribution in [0.1, 0.15) is 38.2 Å². The van der Waals surface area contributed by atoms with Gasteiger partial charge in [0.2, 0.25) is 0 Å². The maximum Gasteiger partial charge on any atom is 0.410 e. The van der Waals surface area contributed by atoms with Crippen LogP contribution in [0.5, 0.6) is 0 Å². The summed E-state index contributed by atoms with van der Waals surface area (Å²) in [6.07, 6.45) is 3.94. The Kier molecular flexibility index (Phi) is 5.26. The van der Waals surface area contributed by atoms with E-state index in [0.29, 0.717) is 12.5 Å². The topological polar surface area (TPSA) is 46.6 Å². The van der Waals surface area contributed by atoms with Crippen LogP contribution in [0.25, 0.3) is 0 Å². The monoisotopic (exact) mass is 333 g/mol. The first-order chi connectivity index (χ1) is 11.1. The lowest BCUT2D eigenvalue weighted by Crippen LogP contribution is -2.47. The summed E-state index contributed by atoms with van der Waals surface area (Å²) >= 11 is 1.41. The van der Waals surface area contributed by atoms with E-state index in [1.807, 2.05) is 35.2 Å². The fraction of sp³-hybridized carbons (Fsp3) is 0.556. The van der Waals surface area contributed by atoms with Gasteiger partial charge in [0.15, 0.2) is 5.12 Å². The molecular weight excluding hydrogens is 310 g/mol. The molecule has 2 atom stereocenters. The Morgan fingerprint density at radius 3 is 2.43 bits per heavy atom. The van der Waals surface area contributed by atoms with Crippen LogP contribution in [0.2, 0.25) is 0 Å². The van der Waals surface area contributed by atoms with Gasteiger partial charge in [-0.3, -0.25) is 4.79 Å². The summed E-state index contributed by atoms with van der Waals surface area (Å²) in [5, 5.41) is 0.182. The number of fused-ring (bicyclic) bond motifs is 2. The van der Waals surface area contributed by atoms with E-state index in [4.69, 9.17) is 4.74 Å². The minimum Gasteiger partial charge on any atom is -0.445 e. The Balaban J connectivity index is 1.53. The average molecular weight is 333 g/mol. The molecule has 4 nitrogen and oxygen atoms in total. The zero-order chi connectivity index (χ0) is 16.2. The van der Waals surface area contributed by atoms with Crippen molar-refractivity contribution in [2.24, 2.45) is 5.92 Å². The van der Waals surface area contributed by atoms with Crippen LogP contribution in [0.3, 0.4) is 0 Å². The molecule has 2 bridgehead atoms. The maximum atomic E-state index is 12.4. The van der Waals surface area contributed by atoms with Crippen molar-refractivity contribution in [2.45, 2.75) is 51.3 Å². The Labute approximate surface area is 141 Å². The Bertz CT molecular complexity index is 549. The van der Waals surface area contributed by atoms with E-state index in [1.165, 1.54) is 11.8 Å². The first-order valence-corrected chi connectivity index (χ1v) is 9.24. The van der Waals surface area contributed by atoms with Gasteiger partial charge in [0.05, 0.1) is 0 Å². The highest BCUT2D eigenvalue weighted by atomic mass is 32.2. The van der Waals surface area contributed by atoms with Crippen molar-refractivity contribution >= 4 is 23.0 Å². The second kappa shape index (κ2) is 7.39. The number of piperidine rings is 1. The largest absolute Gasteiger partial charge is 0.445 e. The number of rotatable bonds is 4. The van der Waals surface area contributed by atoms with Crippen molar-refractivity contribution in [3.05, 3.63) is 35.9 Å². The number of carbonyl (C=O) groups is 2. The fourth-order valence-electron chi connectivity index (χ4n) is 3.75. The summed E-state index contributed by atoms with van der Waals surface area (Å²) in [6, 6.07) is 10.4. The van der Waals surface area contributed by atoms with Crippen LogP contribution < -0.4 is 0 Å². The first-order valence-electron chi connectivity index (χ1n) is 8.26. The molecular formula is C18H23NO3S. The van der Waals surface area contributed by atoms with Gasteiger partial charge in [0.25, 0.3) is 0 Å². The zero-order valence-electron chi connectivity index (χ0n) is 13.4. The van der Waals surface area contributed by atoms with Crippen molar-refractivity contribution in [3.8, 4) is 0 Å². The molecule has 0 spiro atoms. The molecule has 2 heterocycles. The fourth-order valence-corrected chi connectivity index (χ4v) is 4.50. The summed E-state index contributed by atoms with van der Waals surface area (Å²) in [4.78, 5) is 25.5. The van der Waals surface area contributed by atoms with Gasteiger partial charge in [0, 0.05) is 24.8 Å². The molecule has 1 aromatic carbocycles. The predicted molar refractivity (Wildman–Crippen MR) is 91.1 cm³/mol. The second-order valence-corrected chi connectivity index (χ2v) is 7.67. The number of amides is 1. The molecule has 0 aliphatic carbocycles. The molecule has 0 aromatic heterocycles. The van der Waals surface area contributed by atoms with Crippen LogP contribution >= 0.6 is 11.8 Å². The number of benzene rings is 1. The van der Waals surface area contributed by atoms with E-state index in [9.17, 15) is 9.59 Å². The molecule has 2 unspecified atom stereocenters. The number of hydrogen-bond donors (Lipinski definition) is 0. The lowest BCUT2D eigenvalue weighted by atomic mass is 9.92. The van der Waals surface area contributed by atoms with Gasteiger partial charge in [-0.1, -0.05) is 42.1 Å². The van der Waals surface area contributed by atoms with Gasteiger partial charge in [-0.25, -0.2) is 4.79 Å². The third-order valence-electron chi connectivity index (χ3n) is 4.77. The standard InChI is InChI=1S/C18H23NO3S/c1-13(20)23-12-15-9-16-7-8-17(10-15)19(16)18(21)22-11-14-5-3-2-4-6-14/h2-6,15-17H,7-12H2,1H3. The van der Waals surface area contributed by atoms with Crippen molar-refractivity contribution < 1.29 is 14.3 Å². The van der Waals surface area contributed by atoms with E-state index >= 15 is 0 Å². The molecule has 2 saturated heterocycles. The van der Waals surface area contributed by atoms with Gasteiger partial charge in [-0.15, -0.1) is 0 Å². The maximum absolute atomic E-state index is 12.4. The van der Waals surface area contributed by atoms with E-state index in [-0.39, 0.29) is 23.3 Å². The van der Waals surface area contributed by atoms with Gasteiger partial charge in [-0.05, 0) is 37.2 Å². The van der Waals surface area contributed by atoms with E-state index in [1.54, 1.807) is 6.92 Å². The molecule has 1 amide bonds. The zero-order valence-corrected chi connectivity index (χ0v) is 14.3. The Hall–Kier alpha value is -1.49. The third-order valence-corrected chi connectivity index (χ3v) is 5.81. The molecule has 2 fully saturated rings. The number of hydrogen-bond acceptors (Lipinski definition) is 4. The molecule has 2 aliphatic rings. The minimum absolute atomic E-state index is 0.181. The van der Waals surface area contributed by atoms with Gasteiger partial charge < -0.3 is 9.64 Å².